The van der Waals surface area contributed by atoms with E-state index in [4.69, 9.17) is 9.47 Å². The zero-order valence-corrected chi connectivity index (χ0v) is 12.4. The molecule has 0 N–H and O–H groups in total. The summed E-state index contributed by atoms with van der Waals surface area (Å²) in [4.78, 5) is 22.1. The van der Waals surface area contributed by atoms with Gasteiger partial charge < -0.3 is 14.4 Å². The Balaban J connectivity index is 2.11. The number of esters is 1. The van der Waals surface area contributed by atoms with Gasteiger partial charge in [0.1, 0.15) is 12.1 Å². The Morgan fingerprint density at radius 2 is 2.15 bits per heavy atom. The number of nitrogens with zero attached hydrogens (tertiary/aromatic N) is 3. The van der Waals surface area contributed by atoms with Gasteiger partial charge in [-0.25, -0.2) is 9.97 Å². The molecule has 1 saturated heterocycles. The first kappa shape index (κ1) is 14.6. The fourth-order valence-electron chi connectivity index (χ4n) is 2.42. The maximum absolute atomic E-state index is 11.7. The van der Waals surface area contributed by atoms with Crippen LogP contribution in [-0.2, 0) is 9.53 Å². The molecule has 0 aromatic carbocycles. The number of hydrogen-bond donors (Lipinski definition) is 0. The summed E-state index contributed by atoms with van der Waals surface area (Å²) >= 11 is 0. The number of carbonyl (C=O) groups is 1. The molecule has 2 rings (SSSR count). The van der Waals surface area contributed by atoms with Crippen molar-refractivity contribution in [2.75, 3.05) is 25.1 Å². The summed E-state index contributed by atoms with van der Waals surface area (Å²) in [5.41, 5.74) is 0. The lowest BCUT2D eigenvalue weighted by Gasteiger charge is -2.18. The smallest absolute Gasteiger partial charge is 0.310 e. The second kappa shape index (κ2) is 6.07. The minimum Gasteiger partial charge on any atom is -0.475 e. The lowest BCUT2D eigenvalue weighted by atomic mass is 9.99. The molecule has 0 amide bonds. The van der Waals surface area contributed by atoms with Crippen LogP contribution in [0.15, 0.2) is 12.4 Å². The van der Waals surface area contributed by atoms with E-state index in [1.807, 2.05) is 26.8 Å². The second-order valence-electron chi connectivity index (χ2n) is 5.39. The highest BCUT2D eigenvalue weighted by Crippen LogP contribution is 2.28. The van der Waals surface area contributed by atoms with E-state index in [-0.39, 0.29) is 23.9 Å². The molecule has 0 bridgehead atoms. The standard InChI is InChI=1S/C14H21N3O3/c1-9(2)20-13-5-12(15-8-16-13)17-6-10(3)11(7-17)14(18)19-4/h5,8-11H,6-7H2,1-4H3. The van der Waals surface area contributed by atoms with Crippen molar-refractivity contribution in [2.24, 2.45) is 11.8 Å². The molecule has 1 aromatic rings. The lowest BCUT2D eigenvalue weighted by molar-refractivity contribution is -0.145. The van der Waals surface area contributed by atoms with Crippen LogP contribution in [0.3, 0.4) is 0 Å². The number of methoxy groups -OCH3 is 1. The van der Waals surface area contributed by atoms with Crippen LogP contribution in [0.1, 0.15) is 20.8 Å². The molecular weight excluding hydrogens is 258 g/mol. The SMILES string of the molecule is COC(=O)C1CN(c2cc(OC(C)C)ncn2)CC1C. The number of carbonyl (C=O) groups excluding carboxylic acids is 1. The summed E-state index contributed by atoms with van der Waals surface area (Å²) in [6, 6.07) is 1.81. The van der Waals surface area contributed by atoms with Crippen LogP contribution in [-0.4, -0.2) is 42.2 Å². The molecule has 1 aliphatic rings. The van der Waals surface area contributed by atoms with Crippen molar-refractivity contribution in [3.63, 3.8) is 0 Å². The van der Waals surface area contributed by atoms with Crippen LogP contribution in [0.5, 0.6) is 5.88 Å². The Bertz CT molecular complexity index is 478. The van der Waals surface area contributed by atoms with E-state index in [0.717, 1.165) is 12.4 Å². The minimum absolute atomic E-state index is 0.0677. The molecule has 2 atom stereocenters. The summed E-state index contributed by atoms with van der Waals surface area (Å²) in [7, 11) is 1.43. The van der Waals surface area contributed by atoms with Gasteiger partial charge in [0.25, 0.3) is 0 Å². The van der Waals surface area contributed by atoms with Crippen LogP contribution in [0.25, 0.3) is 0 Å². The lowest BCUT2D eigenvalue weighted by Crippen LogP contribution is -2.25. The van der Waals surface area contributed by atoms with E-state index in [1.54, 1.807) is 0 Å². The molecule has 20 heavy (non-hydrogen) atoms. The predicted octanol–water partition coefficient (Wildman–Crippen LogP) is 1.51. The summed E-state index contributed by atoms with van der Waals surface area (Å²) in [6.07, 6.45) is 1.56. The molecule has 1 aliphatic heterocycles. The monoisotopic (exact) mass is 279 g/mol. The van der Waals surface area contributed by atoms with Gasteiger partial charge in [-0.15, -0.1) is 0 Å². The van der Waals surface area contributed by atoms with Crippen LogP contribution >= 0.6 is 0 Å². The topological polar surface area (TPSA) is 64.5 Å². The molecular formula is C14H21N3O3. The van der Waals surface area contributed by atoms with Gasteiger partial charge in [-0.05, 0) is 19.8 Å². The highest BCUT2D eigenvalue weighted by atomic mass is 16.5. The summed E-state index contributed by atoms with van der Waals surface area (Å²) in [5, 5.41) is 0. The molecule has 0 aliphatic carbocycles. The quantitative estimate of drug-likeness (QED) is 0.778. The third-order valence-corrected chi connectivity index (χ3v) is 3.42. The Morgan fingerprint density at radius 3 is 2.80 bits per heavy atom. The molecule has 1 aromatic heterocycles. The van der Waals surface area contributed by atoms with Gasteiger partial charge in [0, 0.05) is 19.2 Å². The number of rotatable bonds is 4. The Kier molecular flexibility index (Phi) is 4.42. The van der Waals surface area contributed by atoms with E-state index >= 15 is 0 Å². The van der Waals surface area contributed by atoms with E-state index < -0.39 is 0 Å². The van der Waals surface area contributed by atoms with Gasteiger partial charge >= 0.3 is 5.97 Å². The van der Waals surface area contributed by atoms with Crippen molar-refractivity contribution in [3.05, 3.63) is 12.4 Å². The average Bonchev–Trinajstić information content (AvgIpc) is 2.79. The highest BCUT2D eigenvalue weighted by Gasteiger charge is 2.36. The molecule has 2 heterocycles. The van der Waals surface area contributed by atoms with Gasteiger partial charge in [-0.3, -0.25) is 4.79 Å². The van der Waals surface area contributed by atoms with Crippen molar-refractivity contribution < 1.29 is 14.3 Å². The van der Waals surface area contributed by atoms with Gasteiger partial charge in [0.05, 0.1) is 19.1 Å². The number of ether oxygens (including phenoxy) is 2. The van der Waals surface area contributed by atoms with Crippen molar-refractivity contribution >= 4 is 11.8 Å². The van der Waals surface area contributed by atoms with Gasteiger partial charge in [0.2, 0.25) is 5.88 Å². The van der Waals surface area contributed by atoms with Gasteiger partial charge in [-0.1, -0.05) is 6.92 Å². The molecule has 1 fully saturated rings. The number of aromatic nitrogens is 2. The summed E-state index contributed by atoms with van der Waals surface area (Å²) < 4.78 is 10.4. The number of anilines is 1. The normalized spacial score (nSPS) is 22.1. The first-order chi connectivity index (χ1) is 9.51. The van der Waals surface area contributed by atoms with Crippen molar-refractivity contribution in [2.45, 2.75) is 26.9 Å². The zero-order valence-electron chi connectivity index (χ0n) is 12.4. The minimum atomic E-state index is -0.160. The molecule has 2 unspecified atom stereocenters. The van der Waals surface area contributed by atoms with Crippen LogP contribution in [0.2, 0.25) is 0 Å². The van der Waals surface area contributed by atoms with Crippen LogP contribution in [0.4, 0.5) is 5.82 Å². The summed E-state index contributed by atoms with van der Waals surface area (Å²) in [6.45, 7) is 7.35. The Morgan fingerprint density at radius 1 is 1.40 bits per heavy atom. The van der Waals surface area contributed by atoms with Crippen molar-refractivity contribution in [1.29, 1.82) is 0 Å². The zero-order chi connectivity index (χ0) is 14.7. The first-order valence-electron chi connectivity index (χ1n) is 6.82. The summed E-state index contributed by atoms with van der Waals surface area (Å²) in [5.74, 6) is 1.32. The average molecular weight is 279 g/mol. The Hall–Kier alpha value is -1.85. The van der Waals surface area contributed by atoms with Gasteiger partial charge in [0.15, 0.2) is 0 Å². The third kappa shape index (κ3) is 3.18. The second-order valence-corrected chi connectivity index (χ2v) is 5.39. The van der Waals surface area contributed by atoms with E-state index in [9.17, 15) is 4.79 Å². The first-order valence-corrected chi connectivity index (χ1v) is 6.82. The van der Waals surface area contributed by atoms with E-state index in [1.165, 1.54) is 13.4 Å². The third-order valence-electron chi connectivity index (χ3n) is 3.42. The fourth-order valence-corrected chi connectivity index (χ4v) is 2.42. The maximum Gasteiger partial charge on any atom is 0.310 e. The largest absolute Gasteiger partial charge is 0.475 e. The molecule has 6 nitrogen and oxygen atoms in total. The highest BCUT2D eigenvalue weighted by molar-refractivity contribution is 5.74. The Labute approximate surface area is 119 Å². The van der Waals surface area contributed by atoms with E-state index in [2.05, 4.69) is 14.9 Å². The van der Waals surface area contributed by atoms with Gasteiger partial charge in [-0.2, -0.15) is 0 Å². The van der Waals surface area contributed by atoms with E-state index in [0.29, 0.717) is 12.4 Å². The van der Waals surface area contributed by atoms with Crippen LogP contribution < -0.4 is 9.64 Å². The molecule has 110 valence electrons. The van der Waals surface area contributed by atoms with Crippen molar-refractivity contribution in [1.82, 2.24) is 9.97 Å². The fraction of sp³-hybridized carbons (Fsp3) is 0.643. The number of hydrogen-bond acceptors (Lipinski definition) is 6. The van der Waals surface area contributed by atoms with Crippen molar-refractivity contribution in [3.8, 4) is 5.88 Å². The maximum atomic E-state index is 11.7. The molecule has 0 spiro atoms. The molecule has 6 heteroatoms. The molecule has 0 radical (unpaired) electrons. The van der Waals surface area contributed by atoms with Crippen LogP contribution in [0, 0.1) is 11.8 Å². The predicted molar refractivity (Wildman–Crippen MR) is 74.7 cm³/mol. The molecule has 0 saturated carbocycles.